The third-order valence-corrected chi connectivity index (χ3v) is 3.31. The minimum Gasteiger partial charge on any atom is -0.355 e. The number of aromatic nitrogens is 4. The average Bonchev–Trinajstić information content (AvgIpc) is 2.84. The van der Waals surface area contributed by atoms with E-state index in [1.807, 2.05) is 0 Å². The van der Waals surface area contributed by atoms with E-state index in [0.717, 1.165) is 18.9 Å². The van der Waals surface area contributed by atoms with Gasteiger partial charge in [0.1, 0.15) is 12.1 Å². The smallest absolute Gasteiger partial charge is 0.355 e. The SMILES string of the molecule is N[C@H]1CCCN(c2cc(C(F)(F)F)nc3ncnn23)C1. The van der Waals surface area contributed by atoms with E-state index in [9.17, 15) is 13.2 Å². The molecule has 2 aromatic heterocycles. The van der Waals surface area contributed by atoms with Crippen molar-refractivity contribution in [1.29, 1.82) is 0 Å². The van der Waals surface area contributed by atoms with Crippen molar-refractivity contribution in [3.63, 3.8) is 0 Å². The summed E-state index contributed by atoms with van der Waals surface area (Å²) in [6.07, 6.45) is -1.62. The minimum atomic E-state index is -4.51. The predicted octanol–water partition coefficient (Wildman–Crippen LogP) is 1.07. The van der Waals surface area contributed by atoms with Gasteiger partial charge < -0.3 is 10.6 Å². The van der Waals surface area contributed by atoms with Crippen molar-refractivity contribution in [2.45, 2.75) is 25.1 Å². The number of nitrogens with zero attached hydrogens (tertiary/aromatic N) is 5. The van der Waals surface area contributed by atoms with Crippen molar-refractivity contribution in [2.75, 3.05) is 18.0 Å². The third-order valence-electron chi connectivity index (χ3n) is 3.31. The van der Waals surface area contributed by atoms with Gasteiger partial charge >= 0.3 is 6.18 Å². The second-order valence-corrected chi connectivity index (χ2v) is 4.82. The first-order valence-corrected chi connectivity index (χ1v) is 6.23. The molecule has 2 N–H and O–H groups in total. The second kappa shape index (κ2) is 4.58. The van der Waals surface area contributed by atoms with Gasteiger partial charge in [-0.2, -0.15) is 27.8 Å². The molecule has 1 atom stereocenters. The molecule has 0 saturated carbocycles. The van der Waals surface area contributed by atoms with E-state index in [1.165, 1.54) is 10.8 Å². The second-order valence-electron chi connectivity index (χ2n) is 4.82. The van der Waals surface area contributed by atoms with Crippen molar-refractivity contribution in [2.24, 2.45) is 5.73 Å². The topological polar surface area (TPSA) is 72.3 Å². The first-order valence-electron chi connectivity index (χ1n) is 6.23. The summed E-state index contributed by atoms with van der Waals surface area (Å²) in [7, 11) is 0. The highest BCUT2D eigenvalue weighted by Gasteiger charge is 2.35. The zero-order chi connectivity index (χ0) is 14.3. The van der Waals surface area contributed by atoms with Gasteiger partial charge in [-0.05, 0) is 12.8 Å². The van der Waals surface area contributed by atoms with Crippen LogP contribution in [0.25, 0.3) is 5.78 Å². The third kappa shape index (κ3) is 2.28. The maximum Gasteiger partial charge on any atom is 0.433 e. The first kappa shape index (κ1) is 13.1. The fourth-order valence-corrected chi connectivity index (χ4v) is 2.39. The molecule has 3 rings (SSSR count). The van der Waals surface area contributed by atoms with Crippen LogP contribution in [0, 0.1) is 0 Å². The number of alkyl halides is 3. The molecule has 0 bridgehead atoms. The molecule has 1 saturated heterocycles. The highest BCUT2D eigenvalue weighted by atomic mass is 19.4. The number of halogens is 3. The highest BCUT2D eigenvalue weighted by molar-refractivity contribution is 5.48. The standard InChI is InChI=1S/C11H13F3N6/c12-11(13,14)8-4-9(19-3-1-2-7(15)5-19)20-10(18-8)16-6-17-20/h4,6-7H,1-3,5,15H2/t7-/m0/s1. The lowest BCUT2D eigenvalue weighted by atomic mass is 10.1. The molecular formula is C11H13F3N6. The number of rotatable bonds is 1. The fraction of sp³-hybridized carbons (Fsp3) is 0.545. The van der Waals surface area contributed by atoms with E-state index < -0.39 is 11.9 Å². The molecule has 9 heteroatoms. The van der Waals surface area contributed by atoms with Gasteiger partial charge in [-0.3, -0.25) is 0 Å². The lowest BCUT2D eigenvalue weighted by molar-refractivity contribution is -0.141. The number of piperidine rings is 1. The molecule has 2 aromatic rings. The number of hydrogen-bond donors (Lipinski definition) is 1. The summed E-state index contributed by atoms with van der Waals surface area (Å²) in [6.45, 7) is 1.14. The molecule has 108 valence electrons. The summed E-state index contributed by atoms with van der Waals surface area (Å²) in [5.41, 5.74) is 4.92. The molecule has 6 nitrogen and oxygen atoms in total. The Morgan fingerprint density at radius 1 is 1.35 bits per heavy atom. The maximum atomic E-state index is 12.9. The summed E-state index contributed by atoms with van der Waals surface area (Å²) in [5.74, 6) is 0.268. The predicted molar refractivity (Wildman–Crippen MR) is 65.2 cm³/mol. The van der Waals surface area contributed by atoms with Crippen LogP contribution in [0.2, 0.25) is 0 Å². The molecule has 0 aliphatic carbocycles. The molecule has 0 unspecified atom stereocenters. The monoisotopic (exact) mass is 286 g/mol. The van der Waals surface area contributed by atoms with E-state index >= 15 is 0 Å². The van der Waals surface area contributed by atoms with Gasteiger partial charge in [0.05, 0.1) is 0 Å². The van der Waals surface area contributed by atoms with Gasteiger partial charge in [-0.15, -0.1) is 0 Å². The highest BCUT2D eigenvalue weighted by Crippen LogP contribution is 2.31. The Bertz CT molecular complexity index is 622. The van der Waals surface area contributed by atoms with Gasteiger partial charge in [0.25, 0.3) is 5.78 Å². The van der Waals surface area contributed by atoms with E-state index in [1.54, 1.807) is 4.90 Å². The van der Waals surface area contributed by atoms with Crippen molar-refractivity contribution < 1.29 is 13.2 Å². The Balaban J connectivity index is 2.10. The van der Waals surface area contributed by atoms with Crippen molar-refractivity contribution >= 4 is 11.6 Å². The molecule has 1 aliphatic rings. The van der Waals surface area contributed by atoms with Crippen molar-refractivity contribution in [3.05, 3.63) is 18.1 Å². The van der Waals surface area contributed by atoms with Gasteiger partial charge in [0.2, 0.25) is 0 Å². The number of hydrogen-bond acceptors (Lipinski definition) is 5. The zero-order valence-electron chi connectivity index (χ0n) is 10.5. The summed E-state index contributed by atoms with van der Waals surface area (Å²) in [6, 6.07) is 0.949. The van der Waals surface area contributed by atoms with Crippen LogP contribution in [-0.2, 0) is 6.18 Å². The van der Waals surface area contributed by atoms with Crippen LogP contribution < -0.4 is 10.6 Å². The number of fused-ring (bicyclic) bond motifs is 1. The molecule has 0 radical (unpaired) electrons. The van der Waals surface area contributed by atoms with E-state index in [2.05, 4.69) is 15.1 Å². The Morgan fingerprint density at radius 3 is 2.85 bits per heavy atom. The molecular weight excluding hydrogens is 273 g/mol. The normalized spacial score (nSPS) is 20.6. The lowest BCUT2D eigenvalue weighted by Gasteiger charge is -2.32. The van der Waals surface area contributed by atoms with Crippen LogP contribution >= 0.6 is 0 Å². The Morgan fingerprint density at radius 2 is 2.15 bits per heavy atom. The molecule has 3 heterocycles. The quantitative estimate of drug-likeness (QED) is 0.849. The molecule has 0 amide bonds. The van der Waals surface area contributed by atoms with Crippen LogP contribution in [0.4, 0.5) is 19.0 Å². The minimum absolute atomic E-state index is 0.0511. The first-order chi connectivity index (χ1) is 9.45. The van der Waals surface area contributed by atoms with Crippen molar-refractivity contribution in [3.8, 4) is 0 Å². The lowest BCUT2D eigenvalue weighted by Crippen LogP contribution is -2.43. The van der Waals surface area contributed by atoms with Crippen LogP contribution in [0.5, 0.6) is 0 Å². The number of nitrogens with two attached hydrogens (primary N) is 1. The molecule has 20 heavy (non-hydrogen) atoms. The van der Waals surface area contributed by atoms with Gasteiger partial charge in [-0.1, -0.05) is 0 Å². The Labute approximate surface area is 112 Å². The summed E-state index contributed by atoms with van der Waals surface area (Å²) < 4.78 is 40.0. The molecule has 1 fully saturated rings. The summed E-state index contributed by atoms with van der Waals surface area (Å²) >= 11 is 0. The Hall–Kier alpha value is -1.90. The van der Waals surface area contributed by atoms with Crippen molar-refractivity contribution in [1.82, 2.24) is 19.6 Å². The summed E-state index contributed by atoms with van der Waals surface area (Å²) in [5, 5.41) is 3.94. The van der Waals surface area contributed by atoms with E-state index in [0.29, 0.717) is 18.9 Å². The van der Waals surface area contributed by atoms with Gasteiger partial charge in [-0.25, -0.2) is 4.98 Å². The fourth-order valence-electron chi connectivity index (χ4n) is 2.39. The molecule has 0 aromatic carbocycles. The van der Waals surface area contributed by atoms with E-state index in [4.69, 9.17) is 5.73 Å². The Kier molecular flexibility index (Phi) is 3.00. The van der Waals surface area contributed by atoms with Gasteiger partial charge in [0, 0.05) is 25.2 Å². The van der Waals surface area contributed by atoms with E-state index in [-0.39, 0.29) is 11.8 Å². The zero-order valence-corrected chi connectivity index (χ0v) is 10.5. The van der Waals surface area contributed by atoms with Gasteiger partial charge in [0.15, 0.2) is 5.69 Å². The largest absolute Gasteiger partial charge is 0.433 e. The van der Waals surface area contributed by atoms with Crippen LogP contribution in [0.1, 0.15) is 18.5 Å². The van der Waals surface area contributed by atoms with Crippen LogP contribution in [-0.4, -0.2) is 38.7 Å². The average molecular weight is 286 g/mol. The molecule has 0 spiro atoms. The maximum absolute atomic E-state index is 12.9. The summed E-state index contributed by atoms with van der Waals surface area (Å²) in [4.78, 5) is 9.04. The molecule has 1 aliphatic heterocycles. The van der Waals surface area contributed by atoms with Crippen LogP contribution in [0.3, 0.4) is 0 Å². The number of anilines is 1. The van der Waals surface area contributed by atoms with Crippen LogP contribution in [0.15, 0.2) is 12.4 Å².